The van der Waals surface area contributed by atoms with Gasteiger partial charge in [-0.05, 0) is 42.9 Å². The minimum Gasteiger partial charge on any atom is -0.439 e. The Morgan fingerprint density at radius 1 is 1.00 bits per heavy atom. The van der Waals surface area contributed by atoms with Crippen LogP contribution in [-0.4, -0.2) is 12.0 Å². The molecular formula is C18H18N2O. The molecule has 3 heteroatoms. The van der Waals surface area contributed by atoms with E-state index < -0.39 is 0 Å². The molecule has 0 radical (unpaired) electrons. The van der Waals surface area contributed by atoms with Crippen molar-refractivity contribution in [2.24, 2.45) is 0 Å². The Bertz CT molecular complexity index is 755. The van der Waals surface area contributed by atoms with Gasteiger partial charge in [-0.3, -0.25) is 0 Å². The molecule has 0 spiro atoms. The van der Waals surface area contributed by atoms with Crippen LogP contribution >= 0.6 is 0 Å². The Kier molecular flexibility index (Phi) is 3.84. The van der Waals surface area contributed by atoms with Crippen LogP contribution in [0.25, 0.3) is 10.8 Å². The van der Waals surface area contributed by atoms with Gasteiger partial charge in [-0.25, -0.2) is 4.98 Å². The molecule has 2 aromatic carbocycles. The van der Waals surface area contributed by atoms with Crippen molar-refractivity contribution in [1.82, 2.24) is 10.3 Å². The summed E-state index contributed by atoms with van der Waals surface area (Å²) in [4.78, 5) is 4.36. The number of nitrogens with one attached hydrogen (secondary N) is 1. The van der Waals surface area contributed by atoms with Crippen LogP contribution in [0.2, 0.25) is 0 Å². The fourth-order valence-electron chi connectivity index (χ4n) is 2.32. The standard InChI is InChI=1S/C18H18N2O/c1-13(19-2)17-8-5-11-20-18(17)21-16-10-9-14-6-3-4-7-15(14)12-16/h3-13,19H,1-2H3. The van der Waals surface area contributed by atoms with E-state index in [0.717, 1.165) is 16.7 Å². The van der Waals surface area contributed by atoms with E-state index in [0.29, 0.717) is 5.88 Å². The summed E-state index contributed by atoms with van der Waals surface area (Å²) in [6.07, 6.45) is 1.75. The van der Waals surface area contributed by atoms with Crippen LogP contribution in [-0.2, 0) is 0 Å². The van der Waals surface area contributed by atoms with Crippen molar-refractivity contribution < 1.29 is 4.74 Å². The van der Waals surface area contributed by atoms with E-state index in [1.54, 1.807) is 6.20 Å². The molecule has 0 saturated heterocycles. The first-order valence-electron chi connectivity index (χ1n) is 7.07. The highest BCUT2D eigenvalue weighted by Gasteiger charge is 2.11. The molecule has 0 bridgehead atoms. The quantitative estimate of drug-likeness (QED) is 0.772. The predicted octanol–water partition coefficient (Wildman–Crippen LogP) is 4.31. The number of ether oxygens (including phenoxy) is 1. The highest BCUT2D eigenvalue weighted by atomic mass is 16.5. The van der Waals surface area contributed by atoms with E-state index in [4.69, 9.17) is 4.74 Å². The highest BCUT2D eigenvalue weighted by molar-refractivity contribution is 5.83. The molecule has 1 unspecified atom stereocenters. The molecule has 0 aliphatic rings. The van der Waals surface area contributed by atoms with Crippen LogP contribution in [0.1, 0.15) is 18.5 Å². The molecule has 3 aromatic rings. The first-order chi connectivity index (χ1) is 10.3. The summed E-state index contributed by atoms with van der Waals surface area (Å²) in [5.74, 6) is 1.45. The Morgan fingerprint density at radius 2 is 1.81 bits per heavy atom. The lowest BCUT2D eigenvalue weighted by molar-refractivity contribution is 0.447. The molecule has 3 rings (SSSR count). The molecule has 1 atom stereocenters. The summed E-state index contributed by atoms with van der Waals surface area (Å²) in [5.41, 5.74) is 1.05. The fourth-order valence-corrected chi connectivity index (χ4v) is 2.32. The number of nitrogens with zero attached hydrogens (tertiary/aromatic N) is 1. The van der Waals surface area contributed by atoms with Crippen LogP contribution < -0.4 is 10.1 Å². The maximum atomic E-state index is 5.99. The van der Waals surface area contributed by atoms with Crippen molar-refractivity contribution in [2.75, 3.05) is 7.05 Å². The number of pyridine rings is 1. The third kappa shape index (κ3) is 2.88. The Balaban J connectivity index is 1.95. The van der Waals surface area contributed by atoms with Crippen molar-refractivity contribution >= 4 is 10.8 Å². The number of aromatic nitrogens is 1. The zero-order valence-corrected chi connectivity index (χ0v) is 12.2. The molecule has 0 aliphatic heterocycles. The van der Waals surface area contributed by atoms with Crippen LogP contribution in [0.15, 0.2) is 60.8 Å². The fraction of sp³-hybridized carbons (Fsp3) is 0.167. The molecule has 0 aliphatic carbocycles. The smallest absolute Gasteiger partial charge is 0.223 e. The average molecular weight is 278 g/mol. The van der Waals surface area contributed by atoms with Crippen LogP contribution in [0.5, 0.6) is 11.6 Å². The summed E-state index contributed by atoms with van der Waals surface area (Å²) >= 11 is 0. The largest absolute Gasteiger partial charge is 0.439 e. The van der Waals surface area contributed by atoms with E-state index in [1.165, 1.54) is 5.39 Å². The summed E-state index contributed by atoms with van der Waals surface area (Å²) in [7, 11) is 1.93. The second-order valence-electron chi connectivity index (χ2n) is 5.02. The SMILES string of the molecule is CNC(C)c1cccnc1Oc1ccc2ccccc2c1. The maximum Gasteiger partial charge on any atom is 0.223 e. The molecule has 1 aromatic heterocycles. The molecule has 3 nitrogen and oxygen atoms in total. The first-order valence-corrected chi connectivity index (χ1v) is 7.07. The predicted molar refractivity (Wildman–Crippen MR) is 85.7 cm³/mol. The third-order valence-electron chi connectivity index (χ3n) is 3.64. The lowest BCUT2D eigenvalue weighted by Crippen LogP contribution is -2.13. The van der Waals surface area contributed by atoms with Crippen molar-refractivity contribution in [3.63, 3.8) is 0 Å². The Morgan fingerprint density at radius 3 is 2.62 bits per heavy atom. The van der Waals surface area contributed by atoms with Crippen molar-refractivity contribution in [2.45, 2.75) is 13.0 Å². The number of rotatable bonds is 4. The van der Waals surface area contributed by atoms with Gasteiger partial charge in [0.25, 0.3) is 0 Å². The maximum absolute atomic E-state index is 5.99. The van der Waals surface area contributed by atoms with Crippen molar-refractivity contribution in [3.8, 4) is 11.6 Å². The molecule has 1 heterocycles. The van der Waals surface area contributed by atoms with E-state index in [1.807, 2.05) is 43.4 Å². The van der Waals surface area contributed by atoms with Crippen LogP contribution in [0.4, 0.5) is 0 Å². The number of benzene rings is 2. The van der Waals surface area contributed by atoms with Gasteiger partial charge >= 0.3 is 0 Å². The van der Waals surface area contributed by atoms with E-state index >= 15 is 0 Å². The van der Waals surface area contributed by atoms with Gasteiger partial charge in [0, 0.05) is 17.8 Å². The second kappa shape index (κ2) is 5.94. The molecule has 106 valence electrons. The second-order valence-corrected chi connectivity index (χ2v) is 5.02. The van der Waals surface area contributed by atoms with Gasteiger partial charge in [0.15, 0.2) is 0 Å². The Hall–Kier alpha value is -2.39. The molecule has 21 heavy (non-hydrogen) atoms. The zero-order chi connectivity index (χ0) is 14.7. The average Bonchev–Trinajstić information content (AvgIpc) is 2.54. The lowest BCUT2D eigenvalue weighted by atomic mass is 10.1. The van der Waals surface area contributed by atoms with Gasteiger partial charge in [0.2, 0.25) is 5.88 Å². The number of hydrogen-bond acceptors (Lipinski definition) is 3. The molecule has 1 N–H and O–H groups in total. The van der Waals surface area contributed by atoms with Gasteiger partial charge in [0.1, 0.15) is 5.75 Å². The first kappa shape index (κ1) is 13.6. The monoisotopic (exact) mass is 278 g/mol. The van der Waals surface area contributed by atoms with Gasteiger partial charge in [-0.15, -0.1) is 0 Å². The number of fused-ring (bicyclic) bond motifs is 1. The lowest BCUT2D eigenvalue weighted by Gasteiger charge is -2.15. The topological polar surface area (TPSA) is 34.2 Å². The van der Waals surface area contributed by atoms with Crippen molar-refractivity contribution in [1.29, 1.82) is 0 Å². The summed E-state index contributed by atoms with van der Waals surface area (Å²) in [6, 6.07) is 18.5. The van der Waals surface area contributed by atoms with Crippen molar-refractivity contribution in [3.05, 3.63) is 66.4 Å². The van der Waals surface area contributed by atoms with Gasteiger partial charge in [-0.1, -0.05) is 36.4 Å². The number of hydrogen-bond donors (Lipinski definition) is 1. The third-order valence-corrected chi connectivity index (χ3v) is 3.64. The molecule has 0 fully saturated rings. The van der Waals surface area contributed by atoms with E-state index in [-0.39, 0.29) is 6.04 Å². The Labute approximate surface area is 124 Å². The summed E-state index contributed by atoms with van der Waals surface area (Å²) < 4.78 is 5.99. The summed E-state index contributed by atoms with van der Waals surface area (Å²) in [6.45, 7) is 2.09. The summed E-state index contributed by atoms with van der Waals surface area (Å²) in [5, 5.41) is 5.58. The van der Waals surface area contributed by atoms with Gasteiger partial charge in [0.05, 0.1) is 0 Å². The minimum atomic E-state index is 0.189. The molecule has 0 amide bonds. The molecular weight excluding hydrogens is 260 g/mol. The highest BCUT2D eigenvalue weighted by Crippen LogP contribution is 2.29. The van der Waals surface area contributed by atoms with E-state index in [9.17, 15) is 0 Å². The van der Waals surface area contributed by atoms with Gasteiger partial charge < -0.3 is 10.1 Å². The zero-order valence-electron chi connectivity index (χ0n) is 12.2. The van der Waals surface area contributed by atoms with E-state index in [2.05, 4.69) is 35.4 Å². The van der Waals surface area contributed by atoms with Crippen LogP contribution in [0.3, 0.4) is 0 Å². The normalized spacial score (nSPS) is 12.3. The van der Waals surface area contributed by atoms with Crippen LogP contribution in [0, 0.1) is 0 Å². The minimum absolute atomic E-state index is 0.189. The molecule has 0 saturated carbocycles. The van der Waals surface area contributed by atoms with Gasteiger partial charge in [-0.2, -0.15) is 0 Å².